The lowest BCUT2D eigenvalue weighted by Gasteiger charge is -2.22. The van der Waals surface area contributed by atoms with E-state index in [0.29, 0.717) is 11.1 Å². The molecule has 170 valence electrons. The first-order valence-corrected chi connectivity index (χ1v) is 11.5. The van der Waals surface area contributed by atoms with Gasteiger partial charge in [0.1, 0.15) is 0 Å². The minimum Gasteiger partial charge on any atom is -0.344 e. The minimum atomic E-state index is -0.802. The van der Waals surface area contributed by atoms with E-state index in [0.717, 1.165) is 25.7 Å². The predicted molar refractivity (Wildman–Crippen MR) is 130 cm³/mol. The van der Waals surface area contributed by atoms with Crippen molar-refractivity contribution in [3.05, 3.63) is 82.4 Å². The molecule has 5 rings (SSSR count). The maximum atomic E-state index is 13.4. The minimum absolute atomic E-state index is 0.0233. The van der Waals surface area contributed by atoms with E-state index in [-0.39, 0.29) is 24.5 Å². The Morgan fingerprint density at radius 3 is 2.38 bits per heavy atom. The summed E-state index contributed by atoms with van der Waals surface area (Å²) in [5, 5.41) is 10.7. The Morgan fingerprint density at radius 1 is 0.882 bits per heavy atom. The third-order valence-corrected chi connectivity index (χ3v) is 6.75. The van der Waals surface area contributed by atoms with E-state index in [1.54, 1.807) is 24.3 Å². The van der Waals surface area contributed by atoms with Crippen LogP contribution >= 0.6 is 0 Å². The highest BCUT2D eigenvalue weighted by Crippen LogP contribution is 2.49. The molecule has 0 bridgehead atoms. The molecule has 2 aliphatic carbocycles. The number of carbonyl (C=O) groups excluding carboxylic acids is 3. The molecule has 1 saturated carbocycles. The van der Waals surface area contributed by atoms with Gasteiger partial charge in [0.05, 0.1) is 12.1 Å². The van der Waals surface area contributed by atoms with Crippen molar-refractivity contribution in [1.29, 1.82) is 0 Å². The average molecular weight is 452 g/mol. The van der Waals surface area contributed by atoms with Crippen LogP contribution in [0, 0.1) is 12.3 Å². The highest BCUT2D eigenvalue weighted by Gasteiger charge is 2.47. The maximum Gasteiger partial charge on any atom is 0.310 e. The fourth-order valence-electron chi connectivity index (χ4n) is 4.90. The molecular weight excluding hydrogens is 426 g/mol. The predicted octanol–water partition coefficient (Wildman–Crippen LogP) is 2.72. The molecule has 6 heteroatoms. The molecule has 3 N–H and O–H groups in total. The number of aryl methyl sites for hydroxylation is 2. The second kappa shape index (κ2) is 8.68. The Balaban J connectivity index is 1.35. The summed E-state index contributed by atoms with van der Waals surface area (Å²) in [4.78, 5) is 37.1. The molecule has 3 aromatic rings. The molecule has 6 nitrogen and oxygen atoms in total. The van der Waals surface area contributed by atoms with Crippen LogP contribution in [0.5, 0.6) is 0 Å². The topological polar surface area (TPSA) is 87.3 Å². The van der Waals surface area contributed by atoms with Crippen molar-refractivity contribution < 1.29 is 14.4 Å². The standard InChI is InChI=1S/C28H25N3O3/c1-2-16-29-26(33)27(34)30-17-20-6-3-4-8-21(20)25(32)31-28(14-15-28)23-13-12-19-11-10-18-7-5-9-22(23)24(18)19/h1,3-9,12-13H,10-11,14-17H2,(H,29,33)(H,30,34)(H,31,32). The van der Waals surface area contributed by atoms with Crippen LogP contribution in [0.25, 0.3) is 10.8 Å². The number of carbonyl (C=O) groups is 3. The molecule has 0 atom stereocenters. The van der Waals surface area contributed by atoms with E-state index in [1.807, 2.05) is 0 Å². The van der Waals surface area contributed by atoms with E-state index in [4.69, 9.17) is 6.42 Å². The van der Waals surface area contributed by atoms with Crippen LogP contribution in [-0.4, -0.2) is 24.3 Å². The summed E-state index contributed by atoms with van der Waals surface area (Å²) in [6.45, 7) is 0.0321. The first-order chi connectivity index (χ1) is 16.5. The van der Waals surface area contributed by atoms with Crippen molar-refractivity contribution in [1.82, 2.24) is 16.0 Å². The molecule has 0 radical (unpaired) electrons. The van der Waals surface area contributed by atoms with Gasteiger partial charge in [0, 0.05) is 12.1 Å². The first kappa shape index (κ1) is 21.7. The summed E-state index contributed by atoms with van der Waals surface area (Å²) in [6, 6.07) is 17.9. The van der Waals surface area contributed by atoms with Crippen LogP contribution in [0.15, 0.2) is 54.6 Å². The molecule has 3 amide bonds. The molecule has 2 aliphatic rings. The van der Waals surface area contributed by atoms with Crippen LogP contribution in [-0.2, 0) is 34.5 Å². The number of amides is 3. The third kappa shape index (κ3) is 3.90. The summed E-state index contributed by atoms with van der Waals surface area (Å²) >= 11 is 0. The third-order valence-electron chi connectivity index (χ3n) is 6.75. The van der Waals surface area contributed by atoms with Crippen molar-refractivity contribution in [3.8, 4) is 12.3 Å². The lowest BCUT2D eigenvalue weighted by atomic mass is 9.93. The quantitative estimate of drug-likeness (QED) is 0.398. The van der Waals surface area contributed by atoms with Crippen molar-refractivity contribution in [2.45, 2.75) is 37.8 Å². The Hall–Kier alpha value is -4.11. The summed E-state index contributed by atoms with van der Waals surface area (Å²) in [6.07, 6.45) is 8.99. The number of hydrogen-bond acceptors (Lipinski definition) is 3. The molecule has 3 aromatic carbocycles. The van der Waals surface area contributed by atoms with Gasteiger partial charge in [0.25, 0.3) is 5.91 Å². The van der Waals surface area contributed by atoms with Crippen molar-refractivity contribution in [2.24, 2.45) is 0 Å². The molecule has 0 heterocycles. The number of nitrogens with one attached hydrogen (secondary N) is 3. The van der Waals surface area contributed by atoms with Crippen molar-refractivity contribution >= 4 is 28.5 Å². The number of benzene rings is 3. The lowest BCUT2D eigenvalue weighted by molar-refractivity contribution is -0.139. The van der Waals surface area contributed by atoms with Crippen LogP contribution in [0.1, 0.15) is 45.5 Å². The Kier molecular flexibility index (Phi) is 5.54. The SMILES string of the molecule is C#CCNC(=O)C(=O)NCc1ccccc1C(=O)NC1(c2ccc3c4c(cccc24)CC3)CC1. The zero-order valence-electron chi connectivity index (χ0n) is 18.7. The van der Waals surface area contributed by atoms with E-state index in [2.05, 4.69) is 52.2 Å². The summed E-state index contributed by atoms with van der Waals surface area (Å²) in [7, 11) is 0. The van der Waals surface area contributed by atoms with E-state index in [9.17, 15) is 14.4 Å². The van der Waals surface area contributed by atoms with Gasteiger partial charge in [-0.05, 0) is 64.8 Å². The van der Waals surface area contributed by atoms with Crippen molar-refractivity contribution in [3.63, 3.8) is 0 Å². The van der Waals surface area contributed by atoms with Crippen LogP contribution in [0.3, 0.4) is 0 Å². The Morgan fingerprint density at radius 2 is 1.62 bits per heavy atom. The van der Waals surface area contributed by atoms with Crippen molar-refractivity contribution in [2.75, 3.05) is 6.54 Å². The van der Waals surface area contributed by atoms with Gasteiger partial charge in [-0.3, -0.25) is 14.4 Å². The highest BCUT2D eigenvalue weighted by molar-refractivity contribution is 6.35. The molecule has 34 heavy (non-hydrogen) atoms. The van der Waals surface area contributed by atoms with Gasteiger partial charge in [0.2, 0.25) is 0 Å². The number of rotatable bonds is 6. The van der Waals surface area contributed by atoms with Gasteiger partial charge < -0.3 is 16.0 Å². The molecule has 0 unspecified atom stereocenters. The molecule has 1 fully saturated rings. The Bertz CT molecular complexity index is 1350. The number of hydrogen-bond donors (Lipinski definition) is 3. The summed E-state index contributed by atoms with van der Waals surface area (Å²) < 4.78 is 0. The van der Waals surface area contributed by atoms with E-state index >= 15 is 0 Å². The molecule has 0 spiro atoms. The largest absolute Gasteiger partial charge is 0.344 e. The fraction of sp³-hybridized carbons (Fsp3) is 0.250. The molecule has 0 aliphatic heterocycles. The summed E-state index contributed by atoms with van der Waals surface area (Å²) in [5.41, 5.74) is 4.65. The number of terminal acetylenes is 1. The van der Waals surface area contributed by atoms with Gasteiger partial charge in [-0.1, -0.05) is 54.5 Å². The zero-order valence-corrected chi connectivity index (χ0v) is 18.7. The van der Waals surface area contributed by atoms with Gasteiger partial charge in [0.15, 0.2) is 0 Å². The molecular formula is C28H25N3O3. The monoisotopic (exact) mass is 451 g/mol. The zero-order chi connectivity index (χ0) is 23.7. The van der Waals surface area contributed by atoms with Gasteiger partial charge >= 0.3 is 11.8 Å². The van der Waals surface area contributed by atoms with Crippen LogP contribution in [0.4, 0.5) is 0 Å². The second-order valence-corrected chi connectivity index (χ2v) is 8.87. The Labute approximate surface area is 198 Å². The average Bonchev–Trinajstić information content (AvgIpc) is 3.51. The van der Waals surface area contributed by atoms with E-state index in [1.165, 1.54) is 27.5 Å². The highest BCUT2D eigenvalue weighted by atomic mass is 16.2. The van der Waals surface area contributed by atoms with Gasteiger partial charge in [-0.15, -0.1) is 6.42 Å². The molecule has 0 aromatic heterocycles. The van der Waals surface area contributed by atoms with E-state index < -0.39 is 11.8 Å². The normalized spacial score (nSPS) is 14.8. The first-order valence-electron chi connectivity index (χ1n) is 11.5. The maximum absolute atomic E-state index is 13.4. The van der Waals surface area contributed by atoms with Gasteiger partial charge in [-0.25, -0.2) is 0 Å². The lowest BCUT2D eigenvalue weighted by Crippen LogP contribution is -2.40. The smallest absolute Gasteiger partial charge is 0.310 e. The summed E-state index contributed by atoms with van der Waals surface area (Å²) in [5.74, 6) is 0.459. The second-order valence-electron chi connectivity index (χ2n) is 8.87. The van der Waals surface area contributed by atoms with Gasteiger partial charge in [-0.2, -0.15) is 0 Å². The molecule has 0 saturated heterocycles. The fourth-order valence-corrected chi connectivity index (χ4v) is 4.90. The van der Waals surface area contributed by atoms with Crippen LogP contribution < -0.4 is 16.0 Å². The van der Waals surface area contributed by atoms with Crippen LogP contribution in [0.2, 0.25) is 0 Å².